The average Bonchev–Trinajstić information content (AvgIpc) is 2.54. The summed E-state index contributed by atoms with van der Waals surface area (Å²) < 4.78 is 5.50. The van der Waals surface area contributed by atoms with Crippen LogP contribution in [0, 0.1) is 0 Å². The Balaban J connectivity index is 2.19. The summed E-state index contributed by atoms with van der Waals surface area (Å²) in [4.78, 5) is 22.4. The Labute approximate surface area is 137 Å². The van der Waals surface area contributed by atoms with Gasteiger partial charge in [0.1, 0.15) is 5.75 Å². The molecule has 0 bridgehead atoms. The number of carbonyl (C=O) groups excluding carboxylic acids is 1. The van der Waals surface area contributed by atoms with E-state index in [4.69, 9.17) is 9.84 Å². The Hall–Kier alpha value is -2.14. The fraction of sp³-hybridized carbons (Fsp3) is 0.444. The molecule has 0 amide bonds. The first-order valence-electron chi connectivity index (χ1n) is 7.93. The fourth-order valence-electron chi connectivity index (χ4n) is 1.99. The molecule has 5 nitrogen and oxygen atoms in total. The lowest BCUT2D eigenvalue weighted by Crippen LogP contribution is -2.19. The van der Waals surface area contributed by atoms with Crippen LogP contribution in [-0.2, 0) is 4.79 Å². The van der Waals surface area contributed by atoms with Gasteiger partial charge in [-0.2, -0.15) is 0 Å². The van der Waals surface area contributed by atoms with Crippen molar-refractivity contribution in [2.24, 2.45) is 0 Å². The van der Waals surface area contributed by atoms with Crippen molar-refractivity contribution in [2.45, 2.75) is 32.1 Å². The second-order valence-electron chi connectivity index (χ2n) is 5.22. The number of hydrogen-bond donors (Lipinski definition) is 2. The van der Waals surface area contributed by atoms with Gasteiger partial charge in [-0.05, 0) is 50.1 Å². The summed E-state index contributed by atoms with van der Waals surface area (Å²) >= 11 is 0. The lowest BCUT2D eigenvalue weighted by atomic mass is 10.1. The molecule has 0 saturated carbocycles. The largest absolute Gasteiger partial charge is 0.493 e. The maximum absolute atomic E-state index is 12.0. The van der Waals surface area contributed by atoms with E-state index in [1.807, 2.05) is 0 Å². The third kappa shape index (κ3) is 8.78. The number of ether oxygens (including phenoxy) is 1. The SMILES string of the molecule is C=CCCOc1ccc(C(=O)CCNCCCCC(=O)O)cc1. The summed E-state index contributed by atoms with van der Waals surface area (Å²) in [6.45, 7) is 5.55. The minimum Gasteiger partial charge on any atom is -0.493 e. The summed E-state index contributed by atoms with van der Waals surface area (Å²) in [5.74, 6) is 0.0673. The van der Waals surface area contributed by atoms with E-state index in [9.17, 15) is 9.59 Å². The van der Waals surface area contributed by atoms with Gasteiger partial charge in [-0.1, -0.05) is 6.08 Å². The van der Waals surface area contributed by atoms with Crippen molar-refractivity contribution in [2.75, 3.05) is 19.7 Å². The van der Waals surface area contributed by atoms with Crippen molar-refractivity contribution in [1.82, 2.24) is 5.32 Å². The van der Waals surface area contributed by atoms with E-state index >= 15 is 0 Å². The van der Waals surface area contributed by atoms with E-state index in [2.05, 4.69) is 11.9 Å². The lowest BCUT2D eigenvalue weighted by molar-refractivity contribution is -0.137. The number of carboxylic acid groups (broad SMARTS) is 1. The third-order valence-corrected chi connectivity index (χ3v) is 3.29. The zero-order chi connectivity index (χ0) is 16.9. The van der Waals surface area contributed by atoms with E-state index in [0.717, 1.165) is 25.1 Å². The maximum atomic E-state index is 12.0. The molecule has 0 aromatic heterocycles. The highest BCUT2D eigenvalue weighted by atomic mass is 16.5. The van der Waals surface area contributed by atoms with Crippen LogP contribution in [0.1, 0.15) is 42.5 Å². The van der Waals surface area contributed by atoms with Gasteiger partial charge in [-0.25, -0.2) is 0 Å². The molecule has 2 N–H and O–H groups in total. The molecule has 0 aliphatic rings. The highest BCUT2D eigenvalue weighted by molar-refractivity contribution is 5.96. The van der Waals surface area contributed by atoms with E-state index in [0.29, 0.717) is 31.6 Å². The van der Waals surface area contributed by atoms with Crippen LogP contribution in [0.3, 0.4) is 0 Å². The van der Waals surface area contributed by atoms with Crippen LogP contribution >= 0.6 is 0 Å². The van der Waals surface area contributed by atoms with Crippen molar-refractivity contribution in [3.05, 3.63) is 42.5 Å². The molecule has 0 fully saturated rings. The van der Waals surface area contributed by atoms with Crippen LogP contribution in [0.25, 0.3) is 0 Å². The molecule has 1 aromatic rings. The smallest absolute Gasteiger partial charge is 0.303 e. The summed E-state index contributed by atoms with van der Waals surface area (Å²) in [5.41, 5.74) is 0.675. The van der Waals surface area contributed by atoms with Crippen LogP contribution in [0.4, 0.5) is 0 Å². The predicted octanol–water partition coefficient (Wildman–Crippen LogP) is 3.06. The van der Waals surface area contributed by atoms with Gasteiger partial charge >= 0.3 is 5.97 Å². The minimum absolute atomic E-state index is 0.0840. The number of unbranched alkanes of at least 4 members (excludes halogenated alkanes) is 1. The molecule has 0 saturated heterocycles. The Morgan fingerprint density at radius 2 is 1.87 bits per heavy atom. The van der Waals surface area contributed by atoms with Crippen molar-refractivity contribution in [3.63, 3.8) is 0 Å². The molecule has 23 heavy (non-hydrogen) atoms. The van der Waals surface area contributed by atoms with E-state index in [1.165, 1.54) is 0 Å². The van der Waals surface area contributed by atoms with Gasteiger partial charge in [-0.15, -0.1) is 6.58 Å². The molecule has 126 valence electrons. The van der Waals surface area contributed by atoms with E-state index in [1.54, 1.807) is 30.3 Å². The molecule has 5 heteroatoms. The molecule has 0 aliphatic carbocycles. The number of benzene rings is 1. The number of hydrogen-bond acceptors (Lipinski definition) is 4. The quantitative estimate of drug-likeness (QED) is 0.332. The van der Waals surface area contributed by atoms with Gasteiger partial charge in [0.15, 0.2) is 5.78 Å². The number of Topliss-reactive ketones (excluding diaryl/α,β-unsaturated/α-hetero) is 1. The normalized spacial score (nSPS) is 10.3. The zero-order valence-corrected chi connectivity index (χ0v) is 13.4. The number of rotatable bonds is 13. The van der Waals surface area contributed by atoms with Gasteiger partial charge in [0.05, 0.1) is 6.61 Å². The minimum atomic E-state index is -0.767. The maximum Gasteiger partial charge on any atom is 0.303 e. The van der Waals surface area contributed by atoms with Crippen LogP contribution < -0.4 is 10.1 Å². The summed E-state index contributed by atoms with van der Waals surface area (Å²) in [7, 11) is 0. The first-order valence-corrected chi connectivity index (χ1v) is 7.93. The highest BCUT2D eigenvalue weighted by Gasteiger charge is 2.05. The molecule has 0 atom stereocenters. The Bertz CT molecular complexity index is 496. The summed E-state index contributed by atoms with van der Waals surface area (Å²) in [6.07, 6.45) is 4.67. The molecule has 0 unspecified atom stereocenters. The number of aliphatic carboxylic acids is 1. The van der Waals surface area contributed by atoms with E-state index in [-0.39, 0.29) is 12.2 Å². The highest BCUT2D eigenvalue weighted by Crippen LogP contribution is 2.13. The summed E-state index contributed by atoms with van der Waals surface area (Å²) in [6, 6.07) is 7.15. The lowest BCUT2D eigenvalue weighted by Gasteiger charge is -2.06. The van der Waals surface area contributed by atoms with Crippen LogP contribution in [0.15, 0.2) is 36.9 Å². The molecule has 1 aromatic carbocycles. The predicted molar refractivity (Wildman–Crippen MR) is 90.1 cm³/mol. The number of ketones is 1. The fourth-order valence-corrected chi connectivity index (χ4v) is 1.99. The zero-order valence-electron chi connectivity index (χ0n) is 13.4. The van der Waals surface area contributed by atoms with Crippen LogP contribution in [-0.4, -0.2) is 36.6 Å². The number of carbonyl (C=O) groups is 2. The topological polar surface area (TPSA) is 75.6 Å². The first-order chi connectivity index (χ1) is 11.1. The molecule has 0 spiro atoms. The van der Waals surface area contributed by atoms with Gasteiger partial charge in [0.2, 0.25) is 0 Å². The van der Waals surface area contributed by atoms with Crippen LogP contribution in [0.2, 0.25) is 0 Å². The monoisotopic (exact) mass is 319 g/mol. The van der Waals surface area contributed by atoms with Crippen molar-refractivity contribution < 1.29 is 19.4 Å². The van der Waals surface area contributed by atoms with Gasteiger partial charge < -0.3 is 15.2 Å². The molecular weight excluding hydrogens is 294 g/mol. The Kier molecular flexibility index (Phi) is 9.40. The molecule has 0 aliphatic heterocycles. The van der Waals surface area contributed by atoms with Crippen molar-refractivity contribution in [3.8, 4) is 5.75 Å². The Morgan fingerprint density at radius 3 is 2.52 bits per heavy atom. The van der Waals surface area contributed by atoms with Crippen LogP contribution in [0.5, 0.6) is 5.75 Å². The second kappa shape index (κ2) is 11.4. The van der Waals surface area contributed by atoms with Crippen molar-refractivity contribution >= 4 is 11.8 Å². The molecule has 0 radical (unpaired) electrons. The van der Waals surface area contributed by atoms with Gasteiger partial charge in [0, 0.05) is 24.9 Å². The number of carboxylic acids is 1. The average molecular weight is 319 g/mol. The standard InChI is InChI=1S/C18H25NO4/c1-2-3-14-23-16-9-7-15(8-10-16)17(20)11-13-19-12-5-4-6-18(21)22/h2,7-10,19H,1,3-6,11-14H2,(H,21,22). The third-order valence-electron chi connectivity index (χ3n) is 3.29. The van der Waals surface area contributed by atoms with Crippen molar-refractivity contribution in [1.29, 1.82) is 0 Å². The molecule has 1 rings (SSSR count). The van der Waals surface area contributed by atoms with E-state index < -0.39 is 5.97 Å². The molecular formula is C18H25NO4. The number of nitrogens with one attached hydrogen (secondary N) is 1. The Morgan fingerprint density at radius 1 is 1.13 bits per heavy atom. The molecule has 0 heterocycles. The second-order valence-corrected chi connectivity index (χ2v) is 5.22. The summed E-state index contributed by atoms with van der Waals surface area (Å²) in [5, 5.41) is 11.7. The van der Waals surface area contributed by atoms with Gasteiger partial charge in [0.25, 0.3) is 0 Å². The van der Waals surface area contributed by atoms with Gasteiger partial charge in [-0.3, -0.25) is 9.59 Å². The first kappa shape index (κ1) is 18.9.